The van der Waals surface area contributed by atoms with Crippen molar-refractivity contribution in [3.8, 4) is 11.5 Å². The number of hydrogen-bond acceptors (Lipinski definition) is 5. The van der Waals surface area contributed by atoms with Crippen LogP contribution >= 0.6 is 0 Å². The fourth-order valence-electron chi connectivity index (χ4n) is 2.65. The molecule has 0 aliphatic rings. The van der Waals surface area contributed by atoms with Gasteiger partial charge in [0.2, 0.25) is 0 Å². The largest absolute Gasteiger partial charge is 0.497 e. The molecule has 0 amide bonds. The number of ketones is 1. The Morgan fingerprint density at radius 2 is 1.43 bits per heavy atom. The van der Waals surface area contributed by atoms with Gasteiger partial charge in [0.05, 0.1) is 12.7 Å². The Labute approximate surface area is 175 Å². The molecule has 0 N–H and O–H groups in total. The van der Waals surface area contributed by atoms with Crippen LogP contribution in [-0.2, 0) is 4.74 Å². The highest BCUT2D eigenvalue weighted by Crippen LogP contribution is 2.14. The Hall–Kier alpha value is -3.86. The van der Waals surface area contributed by atoms with Crippen molar-refractivity contribution in [1.29, 1.82) is 0 Å². The Kier molecular flexibility index (Phi) is 7.39. The second kappa shape index (κ2) is 10.6. The van der Waals surface area contributed by atoms with Gasteiger partial charge in [0.15, 0.2) is 5.78 Å². The zero-order valence-electron chi connectivity index (χ0n) is 16.6. The van der Waals surface area contributed by atoms with E-state index in [1.807, 2.05) is 30.3 Å². The second-order valence-corrected chi connectivity index (χ2v) is 6.35. The molecule has 0 bridgehead atoms. The molecule has 0 heterocycles. The van der Waals surface area contributed by atoms with E-state index in [2.05, 4.69) is 0 Å². The molecule has 152 valence electrons. The lowest BCUT2D eigenvalue weighted by molar-refractivity contribution is 0.0450. The first-order valence-electron chi connectivity index (χ1n) is 9.47. The molecule has 3 aromatic rings. The summed E-state index contributed by atoms with van der Waals surface area (Å²) < 4.78 is 15.9. The van der Waals surface area contributed by atoms with Crippen molar-refractivity contribution in [1.82, 2.24) is 0 Å². The molecule has 0 aliphatic heterocycles. The summed E-state index contributed by atoms with van der Waals surface area (Å²) in [6.45, 7) is 0.377. The van der Waals surface area contributed by atoms with Crippen LogP contribution in [0.4, 0.5) is 0 Å². The maximum atomic E-state index is 12.1. The Balaban J connectivity index is 1.42. The molecule has 5 nitrogen and oxygen atoms in total. The standard InChI is InChI=1S/C25H22O5/c1-28-22-14-10-21(11-15-22)25(27)30-18-17-29-23-12-7-19(8-13-23)9-16-24(26)20-5-3-2-4-6-20/h2-16H,17-18H2,1H3/b16-9-. The predicted octanol–water partition coefficient (Wildman–Crippen LogP) is 4.83. The highest BCUT2D eigenvalue weighted by atomic mass is 16.6. The monoisotopic (exact) mass is 402 g/mol. The first-order chi connectivity index (χ1) is 14.7. The van der Waals surface area contributed by atoms with E-state index in [1.54, 1.807) is 67.8 Å². The van der Waals surface area contributed by atoms with Crippen molar-refractivity contribution in [3.05, 3.63) is 102 Å². The van der Waals surface area contributed by atoms with Gasteiger partial charge in [0.25, 0.3) is 0 Å². The number of methoxy groups -OCH3 is 1. The van der Waals surface area contributed by atoms with Gasteiger partial charge in [-0.25, -0.2) is 4.79 Å². The van der Waals surface area contributed by atoms with E-state index in [1.165, 1.54) is 0 Å². The molecule has 0 aromatic heterocycles. The quantitative estimate of drug-likeness (QED) is 0.222. The van der Waals surface area contributed by atoms with Gasteiger partial charge in [-0.05, 0) is 48.0 Å². The highest BCUT2D eigenvalue weighted by molar-refractivity contribution is 6.06. The van der Waals surface area contributed by atoms with Crippen molar-refractivity contribution in [2.24, 2.45) is 0 Å². The lowest BCUT2D eigenvalue weighted by Gasteiger charge is -2.08. The maximum absolute atomic E-state index is 12.1. The molecule has 0 saturated carbocycles. The molecule has 0 radical (unpaired) electrons. The molecule has 0 spiro atoms. The van der Waals surface area contributed by atoms with Crippen LogP contribution in [0.1, 0.15) is 26.3 Å². The molecule has 0 unspecified atom stereocenters. The van der Waals surface area contributed by atoms with Crippen LogP contribution in [0, 0.1) is 0 Å². The third-order valence-corrected chi connectivity index (χ3v) is 4.28. The van der Waals surface area contributed by atoms with Crippen molar-refractivity contribution < 1.29 is 23.8 Å². The van der Waals surface area contributed by atoms with Crippen molar-refractivity contribution in [2.45, 2.75) is 0 Å². The Morgan fingerprint density at radius 1 is 0.767 bits per heavy atom. The molecule has 0 fully saturated rings. The van der Waals surface area contributed by atoms with E-state index in [-0.39, 0.29) is 19.0 Å². The van der Waals surface area contributed by atoms with Crippen LogP contribution in [0.2, 0.25) is 0 Å². The predicted molar refractivity (Wildman–Crippen MR) is 115 cm³/mol. The first-order valence-corrected chi connectivity index (χ1v) is 9.47. The van der Waals surface area contributed by atoms with Crippen LogP contribution in [0.25, 0.3) is 6.08 Å². The van der Waals surface area contributed by atoms with Crippen LogP contribution in [0.5, 0.6) is 11.5 Å². The van der Waals surface area contributed by atoms with E-state index in [0.717, 1.165) is 5.56 Å². The number of allylic oxidation sites excluding steroid dienone is 1. The molecular weight excluding hydrogens is 380 g/mol. The third-order valence-electron chi connectivity index (χ3n) is 4.28. The summed E-state index contributed by atoms with van der Waals surface area (Å²) >= 11 is 0. The van der Waals surface area contributed by atoms with E-state index < -0.39 is 5.97 Å². The van der Waals surface area contributed by atoms with Crippen LogP contribution in [-0.4, -0.2) is 32.1 Å². The van der Waals surface area contributed by atoms with Crippen molar-refractivity contribution in [2.75, 3.05) is 20.3 Å². The third kappa shape index (κ3) is 6.07. The van der Waals surface area contributed by atoms with Gasteiger partial charge in [-0.1, -0.05) is 48.5 Å². The average molecular weight is 402 g/mol. The molecule has 30 heavy (non-hydrogen) atoms. The van der Waals surface area contributed by atoms with Gasteiger partial charge in [-0.2, -0.15) is 0 Å². The highest BCUT2D eigenvalue weighted by Gasteiger charge is 2.07. The summed E-state index contributed by atoms with van der Waals surface area (Å²) in [5.74, 6) is 0.874. The SMILES string of the molecule is COc1ccc(C(=O)OCCOc2ccc(/C=C\C(=O)c3ccccc3)cc2)cc1. The Morgan fingerprint density at radius 3 is 2.10 bits per heavy atom. The second-order valence-electron chi connectivity index (χ2n) is 6.35. The molecule has 0 saturated heterocycles. The molecule has 3 aromatic carbocycles. The fraction of sp³-hybridized carbons (Fsp3) is 0.120. The minimum Gasteiger partial charge on any atom is -0.497 e. The van der Waals surface area contributed by atoms with Crippen molar-refractivity contribution >= 4 is 17.8 Å². The molecule has 0 atom stereocenters. The zero-order chi connectivity index (χ0) is 21.2. The number of hydrogen-bond donors (Lipinski definition) is 0. The first kappa shape index (κ1) is 20.9. The van der Waals surface area contributed by atoms with Gasteiger partial charge in [-0.3, -0.25) is 4.79 Å². The lowest BCUT2D eigenvalue weighted by atomic mass is 10.1. The minimum atomic E-state index is -0.412. The summed E-state index contributed by atoms with van der Waals surface area (Å²) in [5.41, 5.74) is 1.99. The molecule has 3 rings (SSSR count). The number of benzene rings is 3. The number of rotatable bonds is 9. The summed E-state index contributed by atoms with van der Waals surface area (Å²) in [7, 11) is 1.57. The van der Waals surface area contributed by atoms with Gasteiger partial charge < -0.3 is 14.2 Å². The molecular formula is C25H22O5. The smallest absolute Gasteiger partial charge is 0.338 e. The number of carbonyl (C=O) groups is 2. The lowest BCUT2D eigenvalue weighted by Crippen LogP contribution is -2.12. The van der Waals surface area contributed by atoms with Crippen LogP contribution in [0.15, 0.2) is 84.9 Å². The summed E-state index contributed by atoms with van der Waals surface area (Å²) in [6, 6.07) is 23.1. The molecule has 0 aliphatic carbocycles. The van der Waals surface area contributed by atoms with Crippen LogP contribution in [0.3, 0.4) is 0 Å². The zero-order valence-corrected chi connectivity index (χ0v) is 16.6. The summed E-state index contributed by atoms with van der Waals surface area (Å²) in [6.07, 6.45) is 3.31. The Bertz CT molecular complexity index is 990. The van der Waals surface area contributed by atoms with Gasteiger partial charge in [-0.15, -0.1) is 0 Å². The summed E-state index contributed by atoms with van der Waals surface area (Å²) in [5, 5.41) is 0. The van der Waals surface area contributed by atoms with Gasteiger partial charge in [0.1, 0.15) is 24.7 Å². The normalized spacial score (nSPS) is 10.6. The minimum absolute atomic E-state index is 0.0467. The summed E-state index contributed by atoms with van der Waals surface area (Å²) in [4.78, 5) is 24.1. The molecule has 5 heteroatoms. The topological polar surface area (TPSA) is 61.8 Å². The van der Waals surface area contributed by atoms with E-state index in [9.17, 15) is 9.59 Å². The van der Waals surface area contributed by atoms with E-state index >= 15 is 0 Å². The fourth-order valence-corrected chi connectivity index (χ4v) is 2.65. The number of esters is 1. The van der Waals surface area contributed by atoms with E-state index in [0.29, 0.717) is 22.6 Å². The van der Waals surface area contributed by atoms with Crippen LogP contribution < -0.4 is 9.47 Å². The number of carbonyl (C=O) groups excluding carboxylic acids is 2. The average Bonchev–Trinajstić information content (AvgIpc) is 2.81. The van der Waals surface area contributed by atoms with E-state index in [4.69, 9.17) is 14.2 Å². The number of ether oxygens (including phenoxy) is 3. The van der Waals surface area contributed by atoms with Gasteiger partial charge >= 0.3 is 5.97 Å². The van der Waals surface area contributed by atoms with Gasteiger partial charge in [0, 0.05) is 5.56 Å². The van der Waals surface area contributed by atoms with Crippen molar-refractivity contribution in [3.63, 3.8) is 0 Å². The maximum Gasteiger partial charge on any atom is 0.338 e.